The third-order valence-corrected chi connectivity index (χ3v) is 3.17. The van der Waals surface area contributed by atoms with E-state index >= 15 is 0 Å². The number of anilines is 1. The van der Waals surface area contributed by atoms with Crippen LogP contribution in [-0.4, -0.2) is 14.3 Å². The van der Waals surface area contributed by atoms with E-state index in [4.69, 9.17) is 10.5 Å². The molecule has 0 aliphatic heterocycles. The number of nitrogen functional groups attached to an aromatic ring is 1. The number of nitrogens with zero attached hydrogens (tertiary/aromatic N) is 3. The van der Waals surface area contributed by atoms with Crippen LogP contribution in [0.2, 0.25) is 0 Å². The molecule has 0 saturated carbocycles. The quantitative estimate of drug-likeness (QED) is 0.797. The molecule has 2 aromatic heterocycles. The molecule has 0 atom stereocenters. The van der Waals surface area contributed by atoms with Crippen LogP contribution in [0.15, 0.2) is 48.5 Å². The molecule has 20 heavy (non-hydrogen) atoms. The van der Waals surface area contributed by atoms with Crippen molar-refractivity contribution < 1.29 is 4.74 Å². The SMILES string of the molecule is Nc1nc(-c2cccc(OCc3ccccc3)n2)ns1. The van der Waals surface area contributed by atoms with Gasteiger partial charge in [0.2, 0.25) is 5.88 Å². The minimum Gasteiger partial charge on any atom is -0.473 e. The number of pyridine rings is 1. The van der Waals surface area contributed by atoms with Crippen LogP contribution in [0.25, 0.3) is 11.5 Å². The molecule has 0 spiro atoms. The highest BCUT2D eigenvalue weighted by molar-refractivity contribution is 7.09. The van der Waals surface area contributed by atoms with Gasteiger partial charge in [-0.1, -0.05) is 36.4 Å². The van der Waals surface area contributed by atoms with Crippen molar-refractivity contribution in [3.63, 3.8) is 0 Å². The molecule has 3 aromatic rings. The number of rotatable bonds is 4. The molecule has 0 aliphatic rings. The molecule has 0 unspecified atom stereocenters. The van der Waals surface area contributed by atoms with Crippen molar-refractivity contribution in [3.8, 4) is 17.4 Å². The summed E-state index contributed by atoms with van der Waals surface area (Å²) in [6.07, 6.45) is 0. The first kappa shape index (κ1) is 12.6. The molecule has 1 aromatic carbocycles. The maximum atomic E-state index is 5.67. The first-order chi connectivity index (χ1) is 9.81. The Morgan fingerprint density at radius 3 is 2.60 bits per heavy atom. The first-order valence-electron chi connectivity index (χ1n) is 6.04. The molecule has 0 saturated heterocycles. The molecule has 3 rings (SSSR count). The molecule has 0 radical (unpaired) electrons. The molecule has 2 heterocycles. The van der Waals surface area contributed by atoms with Crippen molar-refractivity contribution in [2.24, 2.45) is 0 Å². The summed E-state index contributed by atoms with van der Waals surface area (Å²) in [5.41, 5.74) is 7.32. The molecule has 5 nitrogen and oxygen atoms in total. The number of aromatic nitrogens is 3. The number of hydrogen-bond donors (Lipinski definition) is 1. The van der Waals surface area contributed by atoms with Crippen LogP contribution in [0.5, 0.6) is 5.88 Å². The summed E-state index contributed by atoms with van der Waals surface area (Å²) >= 11 is 1.15. The zero-order valence-corrected chi connectivity index (χ0v) is 11.4. The lowest BCUT2D eigenvalue weighted by atomic mass is 10.2. The van der Waals surface area contributed by atoms with Gasteiger partial charge in [-0.15, -0.1) is 0 Å². The number of hydrogen-bond acceptors (Lipinski definition) is 6. The van der Waals surface area contributed by atoms with E-state index < -0.39 is 0 Å². The van der Waals surface area contributed by atoms with Gasteiger partial charge in [0.05, 0.1) is 0 Å². The van der Waals surface area contributed by atoms with E-state index in [-0.39, 0.29) is 0 Å². The second-order valence-electron chi connectivity index (χ2n) is 4.09. The highest BCUT2D eigenvalue weighted by atomic mass is 32.1. The van der Waals surface area contributed by atoms with Crippen molar-refractivity contribution in [2.45, 2.75) is 6.61 Å². The maximum Gasteiger partial charge on any atom is 0.214 e. The highest BCUT2D eigenvalue weighted by Crippen LogP contribution is 2.20. The summed E-state index contributed by atoms with van der Waals surface area (Å²) in [7, 11) is 0. The van der Waals surface area contributed by atoms with Gasteiger partial charge in [0.15, 0.2) is 11.0 Å². The highest BCUT2D eigenvalue weighted by Gasteiger charge is 2.07. The predicted molar refractivity (Wildman–Crippen MR) is 78.3 cm³/mol. The fourth-order valence-electron chi connectivity index (χ4n) is 1.69. The fourth-order valence-corrected chi connectivity index (χ4v) is 2.13. The third-order valence-electron chi connectivity index (χ3n) is 2.62. The Morgan fingerprint density at radius 1 is 1.00 bits per heavy atom. The van der Waals surface area contributed by atoms with Crippen molar-refractivity contribution in [3.05, 3.63) is 54.1 Å². The van der Waals surface area contributed by atoms with Crippen LogP contribution in [0.3, 0.4) is 0 Å². The monoisotopic (exact) mass is 284 g/mol. The average Bonchev–Trinajstić information content (AvgIpc) is 2.93. The lowest BCUT2D eigenvalue weighted by Gasteiger charge is -2.05. The van der Waals surface area contributed by atoms with Crippen LogP contribution < -0.4 is 10.5 Å². The molecular weight excluding hydrogens is 272 g/mol. The van der Waals surface area contributed by atoms with Crippen molar-refractivity contribution in [1.82, 2.24) is 14.3 Å². The zero-order valence-electron chi connectivity index (χ0n) is 10.6. The van der Waals surface area contributed by atoms with Gasteiger partial charge >= 0.3 is 0 Å². The van der Waals surface area contributed by atoms with Crippen molar-refractivity contribution >= 4 is 16.7 Å². The second-order valence-corrected chi connectivity index (χ2v) is 4.87. The van der Waals surface area contributed by atoms with E-state index in [1.165, 1.54) is 0 Å². The molecule has 0 bridgehead atoms. The Balaban J connectivity index is 1.75. The van der Waals surface area contributed by atoms with Gasteiger partial charge in [-0.2, -0.15) is 9.36 Å². The topological polar surface area (TPSA) is 73.9 Å². The standard InChI is InChI=1S/C14H12N4OS/c15-14-17-13(18-20-14)11-7-4-8-12(16-11)19-9-10-5-2-1-3-6-10/h1-8H,9H2,(H2,15,17,18). The van der Waals surface area contributed by atoms with Crippen LogP contribution in [0, 0.1) is 0 Å². The summed E-state index contributed by atoms with van der Waals surface area (Å²) in [6, 6.07) is 15.4. The van der Waals surface area contributed by atoms with Crippen LogP contribution >= 0.6 is 11.5 Å². The molecular formula is C14H12N4OS. The van der Waals surface area contributed by atoms with Gasteiger partial charge in [0.25, 0.3) is 0 Å². The van der Waals surface area contributed by atoms with E-state index in [9.17, 15) is 0 Å². The summed E-state index contributed by atoms with van der Waals surface area (Å²) in [5, 5.41) is 0.428. The Labute approximate surface area is 120 Å². The van der Waals surface area contributed by atoms with Gasteiger partial charge in [-0.3, -0.25) is 0 Å². The normalized spacial score (nSPS) is 10.4. The Bertz CT molecular complexity index is 699. The second kappa shape index (κ2) is 5.66. The molecule has 0 aliphatic carbocycles. The van der Waals surface area contributed by atoms with E-state index in [0.717, 1.165) is 17.1 Å². The Hall–Kier alpha value is -2.47. The lowest BCUT2D eigenvalue weighted by Crippen LogP contribution is -1.98. The van der Waals surface area contributed by atoms with Gasteiger partial charge in [-0.25, -0.2) is 4.98 Å². The first-order valence-corrected chi connectivity index (χ1v) is 6.82. The minimum absolute atomic E-state index is 0.428. The third kappa shape index (κ3) is 2.92. The van der Waals surface area contributed by atoms with Gasteiger partial charge in [0, 0.05) is 17.6 Å². The predicted octanol–water partition coefficient (Wildman–Crippen LogP) is 2.76. The summed E-state index contributed by atoms with van der Waals surface area (Å²) in [5.74, 6) is 1.07. The molecule has 0 amide bonds. The smallest absolute Gasteiger partial charge is 0.214 e. The number of nitrogens with two attached hydrogens (primary N) is 1. The van der Waals surface area contributed by atoms with E-state index in [0.29, 0.717) is 29.1 Å². The molecule has 6 heteroatoms. The van der Waals surface area contributed by atoms with Gasteiger partial charge < -0.3 is 10.5 Å². The summed E-state index contributed by atoms with van der Waals surface area (Å²) in [4.78, 5) is 8.48. The van der Waals surface area contributed by atoms with E-state index in [1.807, 2.05) is 48.5 Å². The zero-order chi connectivity index (χ0) is 13.8. The number of ether oxygens (including phenoxy) is 1. The van der Waals surface area contributed by atoms with Crippen LogP contribution in [0.1, 0.15) is 5.56 Å². The van der Waals surface area contributed by atoms with E-state index in [1.54, 1.807) is 0 Å². The summed E-state index contributed by atoms with van der Waals surface area (Å²) in [6.45, 7) is 0.476. The van der Waals surface area contributed by atoms with Crippen LogP contribution in [-0.2, 0) is 6.61 Å². The van der Waals surface area contributed by atoms with Gasteiger partial charge in [-0.05, 0) is 11.6 Å². The largest absolute Gasteiger partial charge is 0.473 e. The lowest BCUT2D eigenvalue weighted by molar-refractivity contribution is 0.294. The maximum absolute atomic E-state index is 5.67. The van der Waals surface area contributed by atoms with Crippen molar-refractivity contribution in [2.75, 3.05) is 5.73 Å². The van der Waals surface area contributed by atoms with Crippen molar-refractivity contribution in [1.29, 1.82) is 0 Å². The van der Waals surface area contributed by atoms with E-state index in [2.05, 4.69) is 14.3 Å². The molecule has 2 N–H and O–H groups in total. The Morgan fingerprint density at radius 2 is 1.85 bits per heavy atom. The minimum atomic E-state index is 0.428. The summed E-state index contributed by atoms with van der Waals surface area (Å²) < 4.78 is 9.80. The molecule has 0 fully saturated rings. The number of benzene rings is 1. The van der Waals surface area contributed by atoms with Gasteiger partial charge in [0.1, 0.15) is 12.3 Å². The van der Waals surface area contributed by atoms with Crippen LogP contribution in [0.4, 0.5) is 5.13 Å². The Kier molecular flexibility index (Phi) is 3.56. The average molecular weight is 284 g/mol. The fraction of sp³-hybridized carbons (Fsp3) is 0.0714. The molecule has 100 valence electrons.